The standard InChI is InChI=1S/C21H31FN6.HI/c1-3-19-27-26-16-28(19)14-13-24-20(23-2)25-15-21(11-5-4-6-12-21)17-7-9-18(22)10-8-17;/h7-10,16H,3-6,11-15H2,1-2H3,(H2,23,24,25);1H. The lowest BCUT2D eigenvalue weighted by atomic mass is 9.69. The van der Waals surface area contributed by atoms with Crippen LogP contribution in [-0.4, -0.2) is 40.9 Å². The van der Waals surface area contributed by atoms with Gasteiger partial charge >= 0.3 is 0 Å². The number of nitrogens with one attached hydrogen (secondary N) is 2. The molecule has 0 unspecified atom stereocenters. The predicted molar refractivity (Wildman–Crippen MR) is 125 cm³/mol. The predicted octanol–water partition coefficient (Wildman–Crippen LogP) is 3.66. The van der Waals surface area contributed by atoms with Gasteiger partial charge in [0.1, 0.15) is 18.0 Å². The topological polar surface area (TPSA) is 67.1 Å². The van der Waals surface area contributed by atoms with Gasteiger partial charge in [0.2, 0.25) is 0 Å². The fraction of sp³-hybridized carbons (Fsp3) is 0.571. The van der Waals surface area contributed by atoms with Gasteiger partial charge in [0.05, 0.1) is 0 Å². The van der Waals surface area contributed by atoms with Crippen molar-refractivity contribution in [2.75, 3.05) is 20.1 Å². The van der Waals surface area contributed by atoms with E-state index in [4.69, 9.17) is 0 Å². The summed E-state index contributed by atoms with van der Waals surface area (Å²) in [7, 11) is 1.79. The lowest BCUT2D eigenvalue weighted by molar-refractivity contribution is 0.291. The third-order valence-electron chi connectivity index (χ3n) is 5.74. The van der Waals surface area contributed by atoms with Crippen LogP contribution >= 0.6 is 24.0 Å². The molecule has 2 aromatic rings. The minimum absolute atomic E-state index is 0. The van der Waals surface area contributed by atoms with Gasteiger partial charge < -0.3 is 15.2 Å². The molecule has 1 aliphatic rings. The smallest absolute Gasteiger partial charge is 0.191 e. The summed E-state index contributed by atoms with van der Waals surface area (Å²) in [6.07, 6.45) is 8.55. The lowest BCUT2D eigenvalue weighted by Crippen LogP contribution is -2.47. The van der Waals surface area contributed by atoms with E-state index in [9.17, 15) is 4.39 Å². The van der Waals surface area contributed by atoms with E-state index in [0.717, 1.165) is 50.7 Å². The Kier molecular flexibility index (Phi) is 9.32. The van der Waals surface area contributed by atoms with Gasteiger partial charge in [0.25, 0.3) is 0 Å². The maximum atomic E-state index is 13.4. The molecule has 160 valence electrons. The number of hydrogen-bond donors (Lipinski definition) is 2. The SMILES string of the molecule is CCc1nncn1CCNC(=NC)NCC1(c2ccc(F)cc2)CCCCC1.I. The molecule has 0 radical (unpaired) electrons. The molecule has 1 aromatic heterocycles. The van der Waals surface area contributed by atoms with Crippen LogP contribution in [0, 0.1) is 5.82 Å². The molecule has 3 rings (SSSR count). The van der Waals surface area contributed by atoms with Crippen LogP contribution in [0.25, 0.3) is 0 Å². The molecule has 0 aliphatic heterocycles. The number of aliphatic imine (C=N–C) groups is 1. The first-order chi connectivity index (χ1) is 13.7. The molecule has 0 atom stereocenters. The van der Waals surface area contributed by atoms with Crippen molar-refractivity contribution in [3.63, 3.8) is 0 Å². The van der Waals surface area contributed by atoms with Crippen LogP contribution in [0.5, 0.6) is 0 Å². The molecular formula is C21H32FIN6. The number of hydrogen-bond acceptors (Lipinski definition) is 3. The van der Waals surface area contributed by atoms with E-state index in [0.29, 0.717) is 0 Å². The fourth-order valence-electron chi connectivity index (χ4n) is 4.11. The molecule has 1 fully saturated rings. The van der Waals surface area contributed by atoms with Gasteiger partial charge in [-0.2, -0.15) is 0 Å². The molecule has 0 amide bonds. The highest BCUT2D eigenvalue weighted by Crippen LogP contribution is 2.39. The summed E-state index contributed by atoms with van der Waals surface area (Å²) in [5.41, 5.74) is 1.25. The van der Waals surface area contributed by atoms with Crippen molar-refractivity contribution in [2.45, 2.75) is 57.4 Å². The summed E-state index contributed by atoms with van der Waals surface area (Å²) < 4.78 is 15.5. The lowest BCUT2D eigenvalue weighted by Gasteiger charge is -2.38. The van der Waals surface area contributed by atoms with Crippen LogP contribution in [0.2, 0.25) is 0 Å². The molecule has 1 aromatic carbocycles. The van der Waals surface area contributed by atoms with Crippen molar-refractivity contribution in [3.8, 4) is 0 Å². The molecule has 1 heterocycles. The number of halogens is 2. The van der Waals surface area contributed by atoms with E-state index in [2.05, 4.69) is 37.3 Å². The molecule has 6 nitrogen and oxygen atoms in total. The average molecular weight is 514 g/mol. The maximum Gasteiger partial charge on any atom is 0.191 e. The number of benzene rings is 1. The molecule has 0 spiro atoms. The quantitative estimate of drug-likeness (QED) is 0.336. The summed E-state index contributed by atoms with van der Waals surface area (Å²) in [6, 6.07) is 7.03. The molecule has 29 heavy (non-hydrogen) atoms. The zero-order valence-corrected chi connectivity index (χ0v) is 19.7. The first kappa shape index (κ1) is 23.6. The average Bonchev–Trinajstić information content (AvgIpc) is 3.19. The fourth-order valence-corrected chi connectivity index (χ4v) is 4.11. The molecule has 0 saturated heterocycles. The summed E-state index contributed by atoms with van der Waals surface area (Å²) in [5.74, 6) is 1.60. The number of aryl methyl sites for hydroxylation is 1. The van der Waals surface area contributed by atoms with Gasteiger partial charge in [-0.3, -0.25) is 4.99 Å². The Morgan fingerprint density at radius 2 is 1.90 bits per heavy atom. The van der Waals surface area contributed by atoms with Gasteiger partial charge in [0, 0.05) is 38.5 Å². The Morgan fingerprint density at radius 3 is 2.55 bits per heavy atom. The Balaban J connectivity index is 0.00000300. The number of aromatic nitrogens is 3. The molecule has 2 N–H and O–H groups in total. The third-order valence-corrected chi connectivity index (χ3v) is 5.74. The van der Waals surface area contributed by atoms with Crippen LogP contribution < -0.4 is 10.6 Å². The highest BCUT2D eigenvalue weighted by atomic mass is 127. The van der Waals surface area contributed by atoms with Crippen LogP contribution in [0.15, 0.2) is 35.6 Å². The van der Waals surface area contributed by atoms with Crippen molar-refractivity contribution in [2.24, 2.45) is 4.99 Å². The summed E-state index contributed by atoms with van der Waals surface area (Å²) in [4.78, 5) is 4.37. The number of rotatable bonds is 7. The Hall–Kier alpha value is -1.71. The van der Waals surface area contributed by atoms with E-state index in [-0.39, 0.29) is 35.2 Å². The van der Waals surface area contributed by atoms with Crippen molar-refractivity contribution >= 4 is 29.9 Å². The van der Waals surface area contributed by atoms with Crippen molar-refractivity contribution in [3.05, 3.63) is 47.8 Å². The van der Waals surface area contributed by atoms with Gasteiger partial charge in [-0.15, -0.1) is 34.2 Å². The second kappa shape index (κ2) is 11.5. The molecule has 1 saturated carbocycles. The first-order valence-corrected chi connectivity index (χ1v) is 10.2. The van der Waals surface area contributed by atoms with Crippen LogP contribution in [0.4, 0.5) is 4.39 Å². The first-order valence-electron chi connectivity index (χ1n) is 10.2. The summed E-state index contributed by atoms with van der Waals surface area (Å²) >= 11 is 0. The zero-order valence-electron chi connectivity index (χ0n) is 17.3. The Morgan fingerprint density at radius 1 is 1.17 bits per heavy atom. The van der Waals surface area contributed by atoms with Crippen molar-refractivity contribution in [1.82, 2.24) is 25.4 Å². The molecule has 1 aliphatic carbocycles. The normalized spacial score (nSPS) is 16.2. The van der Waals surface area contributed by atoms with E-state index in [1.807, 2.05) is 12.1 Å². The van der Waals surface area contributed by atoms with Crippen LogP contribution in [0.3, 0.4) is 0 Å². The third kappa shape index (κ3) is 6.13. The number of guanidine groups is 1. The van der Waals surface area contributed by atoms with Gasteiger partial charge in [-0.25, -0.2) is 4.39 Å². The molecule has 0 bridgehead atoms. The minimum atomic E-state index is -0.180. The van der Waals surface area contributed by atoms with E-state index in [1.54, 1.807) is 25.5 Å². The zero-order chi connectivity index (χ0) is 19.8. The van der Waals surface area contributed by atoms with Crippen molar-refractivity contribution < 1.29 is 4.39 Å². The second-order valence-corrected chi connectivity index (χ2v) is 7.49. The highest BCUT2D eigenvalue weighted by Gasteiger charge is 2.34. The second-order valence-electron chi connectivity index (χ2n) is 7.49. The molecular weight excluding hydrogens is 482 g/mol. The number of nitrogens with zero attached hydrogens (tertiary/aromatic N) is 4. The Bertz CT molecular complexity index is 768. The Labute approximate surface area is 189 Å². The largest absolute Gasteiger partial charge is 0.356 e. The van der Waals surface area contributed by atoms with E-state index < -0.39 is 0 Å². The van der Waals surface area contributed by atoms with Gasteiger partial charge in [-0.1, -0.05) is 38.3 Å². The van der Waals surface area contributed by atoms with E-state index in [1.165, 1.54) is 24.8 Å². The molecule has 8 heteroatoms. The van der Waals surface area contributed by atoms with Crippen molar-refractivity contribution in [1.29, 1.82) is 0 Å². The summed E-state index contributed by atoms with van der Waals surface area (Å²) in [6.45, 7) is 4.41. The van der Waals surface area contributed by atoms with E-state index >= 15 is 0 Å². The van der Waals surface area contributed by atoms with Gasteiger partial charge in [0.15, 0.2) is 5.96 Å². The van der Waals surface area contributed by atoms with Gasteiger partial charge in [-0.05, 0) is 30.5 Å². The summed E-state index contributed by atoms with van der Waals surface area (Å²) in [5, 5.41) is 15.0. The maximum absolute atomic E-state index is 13.4. The van der Waals surface area contributed by atoms with Crippen LogP contribution in [0.1, 0.15) is 50.4 Å². The highest BCUT2D eigenvalue weighted by molar-refractivity contribution is 14.0. The van der Waals surface area contributed by atoms with Crippen LogP contribution in [-0.2, 0) is 18.4 Å². The minimum Gasteiger partial charge on any atom is -0.356 e. The monoisotopic (exact) mass is 514 g/mol.